The number of fused-ring (bicyclic) bond motifs is 1. The van der Waals surface area contributed by atoms with E-state index >= 15 is 0 Å². The minimum absolute atomic E-state index is 0.0946. The van der Waals surface area contributed by atoms with Gasteiger partial charge in [0.25, 0.3) is 0 Å². The summed E-state index contributed by atoms with van der Waals surface area (Å²) in [6, 6.07) is 2.94. The maximum Gasteiger partial charge on any atom is 0.246 e. The standard InChI is InChI=1S/C8H7Cl2NO4S/c9-3-16(12,13)11-6-2-8-7(1-5(6)10)14-4-15-8/h1-2,11H,3-4H2. The Morgan fingerprint density at radius 1 is 1.31 bits per heavy atom. The zero-order chi connectivity index (χ0) is 11.8. The predicted octanol–water partition coefficient (Wildman–Crippen LogP) is 2.01. The first-order valence-corrected chi connectivity index (χ1v) is 6.74. The molecule has 5 nitrogen and oxygen atoms in total. The Morgan fingerprint density at radius 3 is 2.56 bits per heavy atom. The lowest BCUT2D eigenvalue weighted by Gasteiger charge is -2.08. The first-order chi connectivity index (χ1) is 7.52. The van der Waals surface area contributed by atoms with Crippen LogP contribution in [0.5, 0.6) is 11.5 Å². The Hall–Kier alpha value is -0.850. The number of sulfonamides is 1. The van der Waals surface area contributed by atoms with Gasteiger partial charge in [-0.25, -0.2) is 8.42 Å². The molecule has 1 N–H and O–H groups in total. The summed E-state index contributed by atoms with van der Waals surface area (Å²) in [7, 11) is -3.58. The van der Waals surface area contributed by atoms with E-state index in [4.69, 9.17) is 32.7 Å². The van der Waals surface area contributed by atoms with Gasteiger partial charge in [-0.1, -0.05) is 11.6 Å². The van der Waals surface area contributed by atoms with Gasteiger partial charge in [-0.2, -0.15) is 0 Å². The fourth-order valence-corrected chi connectivity index (χ4v) is 2.17. The first kappa shape index (κ1) is 11.6. The molecule has 1 aliphatic rings. The molecule has 0 spiro atoms. The minimum atomic E-state index is -3.58. The predicted molar refractivity (Wildman–Crippen MR) is 60.8 cm³/mol. The molecule has 0 fully saturated rings. The summed E-state index contributed by atoms with van der Waals surface area (Å²) in [5, 5.41) is -0.324. The Morgan fingerprint density at radius 2 is 1.94 bits per heavy atom. The quantitative estimate of drug-likeness (QED) is 0.862. The third-order valence-electron chi connectivity index (χ3n) is 1.87. The molecule has 0 amide bonds. The third-order valence-corrected chi connectivity index (χ3v) is 3.86. The van der Waals surface area contributed by atoms with Crippen LogP contribution in [-0.4, -0.2) is 20.4 Å². The van der Waals surface area contributed by atoms with Crippen LogP contribution in [0.3, 0.4) is 0 Å². The number of hydrogen-bond donors (Lipinski definition) is 1. The van der Waals surface area contributed by atoms with Gasteiger partial charge in [0.2, 0.25) is 16.8 Å². The van der Waals surface area contributed by atoms with Crippen LogP contribution in [-0.2, 0) is 10.0 Å². The normalized spacial score (nSPS) is 13.9. The molecule has 2 rings (SSSR count). The fourth-order valence-electron chi connectivity index (χ4n) is 1.19. The van der Waals surface area contributed by atoms with Crippen molar-refractivity contribution < 1.29 is 17.9 Å². The van der Waals surface area contributed by atoms with E-state index in [1.54, 1.807) is 0 Å². The molecule has 0 aliphatic carbocycles. The van der Waals surface area contributed by atoms with Crippen LogP contribution < -0.4 is 14.2 Å². The largest absolute Gasteiger partial charge is 0.454 e. The number of nitrogens with one attached hydrogen (secondary N) is 1. The van der Waals surface area contributed by atoms with E-state index in [1.807, 2.05) is 0 Å². The number of halogens is 2. The van der Waals surface area contributed by atoms with Crippen LogP contribution in [0.15, 0.2) is 12.1 Å². The highest BCUT2D eigenvalue weighted by Gasteiger charge is 2.18. The molecule has 8 heteroatoms. The average molecular weight is 284 g/mol. The van der Waals surface area contributed by atoms with E-state index in [0.29, 0.717) is 11.5 Å². The van der Waals surface area contributed by atoms with E-state index in [0.717, 1.165) is 0 Å². The maximum absolute atomic E-state index is 11.2. The molecule has 0 radical (unpaired) electrons. The molecule has 1 aromatic carbocycles. The Balaban J connectivity index is 2.36. The number of hydrogen-bond acceptors (Lipinski definition) is 4. The van der Waals surface area contributed by atoms with Crippen molar-refractivity contribution in [2.45, 2.75) is 0 Å². The summed E-state index contributed by atoms with van der Waals surface area (Å²) in [4.78, 5) is 0. The Bertz CT molecular complexity index is 517. The molecule has 1 aromatic rings. The number of benzene rings is 1. The van der Waals surface area contributed by atoms with Gasteiger partial charge in [-0.05, 0) is 0 Å². The van der Waals surface area contributed by atoms with E-state index in [1.165, 1.54) is 12.1 Å². The van der Waals surface area contributed by atoms with Crippen molar-refractivity contribution in [2.75, 3.05) is 16.7 Å². The topological polar surface area (TPSA) is 64.6 Å². The smallest absolute Gasteiger partial charge is 0.246 e. The van der Waals surface area contributed by atoms with Crippen molar-refractivity contribution in [3.05, 3.63) is 17.2 Å². The lowest BCUT2D eigenvalue weighted by molar-refractivity contribution is 0.174. The fraction of sp³-hybridized carbons (Fsp3) is 0.250. The van der Waals surface area contributed by atoms with Crippen LogP contribution in [0.2, 0.25) is 5.02 Å². The van der Waals surface area contributed by atoms with Gasteiger partial charge < -0.3 is 9.47 Å². The van der Waals surface area contributed by atoms with Crippen molar-refractivity contribution in [1.29, 1.82) is 0 Å². The number of alkyl halides is 1. The first-order valence-electron chi connectivity index (χ1n) is 4.17. The maximum atomic E-state index is 11.2. The van der Waals surface area contributed by atoms with E-state index < -0.39 is 15.2 Å². The van der Waals surface area contributed by atoms with Crippen molar-refractivity contribution in [3.63, 3.8) is 0 Å². The highest BCUT2D eigenvalue weighted by Crippen LogP contribution is 2.39. The average Bonchev–Trinajstić information content (AvgIpc) is 2.65. The summed E-state index contributed by atoms with van der Waals surface area (Å²) < 4.78 is 34.9. The Kier molecular flexibility index (Phi) is 3.05. The summed E-state index contributed by atoms with van der Waals surface area (Å²) in [5.74, 6) is 0.926. The van der Waals surface area contributed by atoms with E-state index in [-0.39, 0.29) is 17.5 Å². The molecule has 88 valence electrons. The molecular weight excluding hydrogens is 277 g/mol. The van der Waals surface area contributed by atoms with Crippen LogP contribution in [0.1, 0.15) is 0 Å². The lowest BCUT2D eigenvalue weighted by atomic mass is 10.3. The number of ether oxygens (including phenoxy) is 2. The zero-order valence-electron chi connectivity index (χ0n) is 7.87. The second-order valence-electron chi connectivity index (χ2n) is 3.01. The van der Waals surface area contributed by atoms with Gasteiger partial charge in [0, 0.05) is 12.1 Å². The lowest BCUT2D eigenvalue weighted by Crippen LogP contribution is -2.13. The Labute approximate surface area is 102 Å². The molecule has 0 bridgehead atoms. The minimum Gasteiger partial charge on any atom is -0.454 e. The molecule has 0 atom stereocenters. The van der Waals surface area contributed by atoms with Crippen molar-refractivity contribution in [1.82, 2.24) is 0 Å². The zero-order valence-corrected chi connectivity index (χ0v) is 10.2. The van der Waals surface area contributed by atoms with Crippen molar-refractivity contribution >= 4 is 38.9 Å². The molecule has 0 saturated carbocycles. The van der Waals surface area contributed by atoms with Gasteiger partial charge in [-0.3, -0.25) is 4.72 Å². The highest BCUT2D eigenvalue weighted by atomic mass is 35.5. The summed E-state index contributed by atoms with van der Waals surface area (Å²) in [6.45, 7) is 0.0946. The second kappa shape index (κ2) is 4.20. The molecule has 1 aliphatic heterocycles. The summed E-state index contributed by atoms with van der Waals surface area (Å²) in [6.07, 6.45) is 0. The van der Waals surface area contributed by atoms with Crippen LogP contribution >= 0.6 is 23.2 Å². The summed E-state index contributed by atoms with van der Waals surface area (Å²) in [5.41, 5.74) is 0.214. The summed E-state index contributed by atoms with van der Waals surface area (Å²) >= 11 is 11.1. The van der Waals surface area contributed by atoms with E-state index in [9.17, 15) is 8.42 Å². The SMILES string of the molecule is O=S(=O)(CCl)Nc1cc2c(cc1Cl)OCO2. The molecule has 1 heterocycles. The third kappa shape index (κ3) is 2.28. The monoisotopic (exact) mass is 283 g/mol. The molecule has 16 heavy (non-hydrogen) atoms. The van der Waals surface area contributed by atoms with Gasteiger partial charge in [0.15, 0.2) is 11.5 Å². The molecule has 0 saturated heterocycles. The molecule has 0 unspecified atom stereocenters. The van der Waals surface area contributed by atoms with Crippen molar-refractivity contribution in [3.8, 4) is 11.5 Å². The molecular formula is C8H7Cl2NO4S. The van der Waals surface area contributed by atoms with E-state index in [2.05, 4.69) is 4.72 Å². The van der Waals surface area contributed by atoms with Gasteiger partial charge in [0.1, 0.15) is 5.21 Å². The second-order valence-corrected chi connectivity index (χ2v) is 5.72. The molecule has 0 aromatic heterocycles. The number of anilines is 1. The van der Waals surface area contributed by atoms with Gasteiger partial charge in [0.05, 0.1) is 10.7 Å². The highest BCUT2D eigenvalue weighted by molar-refractivity contribution is 7.93. The number of rotatable bonds is 3. The van der Waals surface area contributed by atoms with Crippen LogP contribution in [0.4, 0.5) is 5.69 Å². The van der Waals surface area contributed by atoms with Gasteiger partial charge >= 0.3 is 0 Å². The van der Waals surface area contributed by atoms with Crippen LogP contribution in [0, 0.1) is 0 Å². The van der Waals surface area contributed by atoms with Gasteiger partial charge in [-0.15, -0.1) is 11.6 Å². The van der Waals surface area contributed by atoms with Crippen LogP contribution in [0.25, 0.3) is 0 Å². The van der Waals surface area contributed by atoms with Crippen molar-refractivity contribution in [2.24, 2.45) is 0 Å².